The Bertz CT molecular complexity index is 1300. The van der Waals surface area contributed by atoms with Gasteiger partial charge in [0.05, 0.1) is 13.4 Å². The van der Waals surface area contributed by atoms with E-state index in [9.17, 15) is 19.2 Å². The molecule has 6 rings (SSSR count). The van der Waals surface area contributed by atoms with Gasteiger partial charge in [-0.2, -0.15) is 0 Å². The molecule has 4 unspecified atom stereocenters. The largest absolute Gasteiger partial charge is 0.469 e. The number of carbonyl (C=O) groups excluding carboxylic acids is 3. The van der Waals surface area contributed by atoms with E-state index in [4.69, 9.17) is 18.6 Å². The standard InChI is InChI=1S/C35H48O9/c1-21(36)42-31-30(22-11-14-28(38)41-20-22)34(3)18-16-25-26(35(34)32(31)44-35)13-12-23-19-24(15-17-33(23,25)2)43-29(39)10-8-6-5-7-9-27(37)40-4/h11,14,20,23-26,30-32H,5-10,12-13,15-19H2,1-4H3/t23?,24?,25-,26+,30-,31?,32?,33-,34+,35+/m0/s1. The van der Waals surface area contributed by atoms with Gasteiger partial charge in [0.2, 0.25) is 0 Å². The van der Waals surface area contributed by atoms with Gasteiger partial charge in [0.1, 0.15) is 23.9 Å². The monoisotopic (exact) mass is 612 g/mol. The first-order valence-corrected chi connectivity index (χ1v) is 16.7. The number of hydrogen-bond donors (Lipinski definition) is 0. The second kappa shape index (κ2) is 11.9. The number of rotatable bonds is 10. The molecule has 1 aromatic heterocycles. The topological polar surface area (TPSA) is 122 Å². The number of esters is 3. The quantitative estimate of drug-likeness (QED) is 0.138. The zero-order chi connectivity index (χ0) is 31.3. The molecular formula is C35H48O9. The van der Waals surface area contributed by atoms with E-state index in [2.05, 4.69) is 18.6 Å². The molecule has 9 nitrogen and oxygen atoms in total. The average Bonchev–Trinajstić information content (AvgIpc) is 3.69. The molecule has 4 aliphatic carbocycles. The van der Waals surface area contributed by atoms with E-state index in [1.54, 1.807) is 6.26 Å². The number of hydrogen-bond acceptors (Lipinski definition) is 9. The third kappa shape index (κ3) is 5.21. The number of unbranched alkanes of at least 4 members (excludes halogenated alkanes) is 3. The highest BCUT2D eigenvalue weighted by Gasteiger charge is 2.84. The molecule has 2 heterocycles. The van der Waals surface area contributed by atoms with Crippen LogP contribution in [0.5, 0.6) is 0 Å². The lowest BCUT2D eigenvalue weighted by Gasteiger charge is -2.61. The van der Waals surface area contributed by atoms with Gasteiger partial charge in [-0.25, -0.2) is 4.79 Å². The Morgan fingerprint density at radius 3 is 2.34 bits per heavy atom. The van der Waals surface area contributed by atoms with E-state index >= 15 is 0 Å². The van der Waals surface area contributed by atoms with Gasteiger partial charge in [-0.3, -0.25) is 14.4 Å². The minimum Gasteiger partial charge on any atom is -0.469 e. The minimum atomic E-state index is -0.405. The Morgan fingerprint density at radius 1 is 0.909 bits per heavy atom. The van der Waals surface area contributed by atoms with Crippen LogP contribution in [0, 0.1) is 28.6 Å². The maximum absolute atomic E-state index is 12.7. The molecule has 242 valence electrons. The minimum absolute atomic E-state index is 0.0228. The second-order valence-electron chi connectivity index (χ2n) is 14.6. The molecule has 5 fully saturated rings. The molecule has 5 aliphatic rings. The lowest BCUT2D eigenvalue weighted by molar-refractivity contribution is -0.168. The molecule has 1 aliphatic heterocycles. The summed E-state index contributed by atoms with van der Waals surface area (Å²) in [7, 11) is 1.40. The molecular weight excluding hydrogens is 564 g/mol. The zero-order valence-corrected chi connectivity index (χ0v) is 26.6. The first-order valence-electron chi connectivity index (χ1n) is 16.7. The third-order valence-corrected chi connectivity index (χ3v) is 12.5. The van der Waals surface area contributed by atoms with Gasteiger partial charge in [-0.15, -0.1) is 0 Å². The van der Waals surface area contributed by atoms with Crippen LogP contribution >= 0.6 is 0 Å². The first-order chi connectivity index (χ1) is 21.0. The zero-order valence-electron chi connectivity index (χ0n) is 26.6. The van der Waals surface area contributed by atoms with Crippen LogP contribution in [-0.2, 0) is 33.3 Å². The number of methoxy groups -OCH3 is 1. The predicted octanol–water partition coefficient (Wildman–Crippen LogP) is 5.86. The van der Waals surface area contributed by atoms with Crippen LogP contribution in [-0.4, -0.2) is 48.9 Å². The van der Waals surface area contributed by atoms with Crippen molar-refractivity contribution in [3.63, 3.8) is 0 Å². The molecule has 4 saturated carbocycles. The Hall–Kier alpha value is -2.68. The Morgan fingerprint density at radius 2 is 1.66 bits per heavy atom. The van der Waals surface area contributed by atoms with Crippen LogP contribution < -0.4 is 5.63 Å². The fourth-order valence-corrected chi connectivity index (χ4v) is 10.4. The molecule has 0 aromatic carbocycles. The van der Waals surface area contributed by atoms with Crippen LogP contribution in [0.1, 0.15) is 116 Å². The molecule has 1 aromatic rings. The van der Waals surface area contributed by atoms with E-state index < -0.39 is 6.10 Å². The predicted molar refractivity (Wildman–Crippen MR) is 159 cm³/mol. The van der Waals surface area contributed by atoms with E-state index in [0.29, 0.717) is 30.6 Å². The summed E-state index contributed by atoms with van der Waals surface area (Å²) in [6, 6.07) is 3.28. The number of ether oxygens (including phenoxy) is 4. The summed E-state index contributed by atoms with van der Waals surface area (Å²) in [4.78, 5) is 47.9. The Labute approximate surface area is 259 Å². The third-order valence-electron chi connectivity index (χ3n) is 12.5. The van der Waals surface area contributed by atoms with Gasteiger partial charge in [0, 0.05) is 37.2 Å². The molecule has 1 spiro atoms. The van der Waals surface area contributed by atoms with Crippen molar-refractivity contribution in [2.75, 3.05) is 7.11 Å². The summed E-state index contributed by atoms with van der Waals surface area (Å²) in [6.45, 7) is 6.21. The average molecular weight is 613 g/mol. The van der Waals surface area contributed by atoms with Gasteiger partial charge < -0.3 is 23.4 Å². The fraction of sp³-hybridized carbons (Fsp3) is 0.771. The number of fused-ring (bicyclic) bond motifs is 3. The summed E-state index contributed by atoms with van der Waals surface area (Å²) < 4.78 is 28.7. The molecule has 44 heavy (non-hydrogen) atoms. The van der Waals surface area contributed by atoms with Gasteiger partial charge in [-0.1, -0.05) is 26.7 Å². The van der Waals surface area contributed by atoms with Crippen molar-refractivity contribution < 1.29 is 37.7 Å². The molecule has 10 atom stereocenters. The summed E-state index contributed by atoms with van der Waals surface area (Å²) >= 11 is 0. The summed E-state index contributed by atoms with van der Waals surface area (Å²) in [5.41, 5.74) is 0.0576. The summed E-state index contributed by atoms with van der Waals surface area (Å²) in [5, 5.41) is 0. The van der Waals surface area contributed by atoms with Crippen molar-refractivity contribution in [1.29, 1.82) is 0 Å². The van der Waals surface area contributed by atoms with Gasteiger partial charge in [0.25, 0.3) is 0 Å². The van der Waals surface area contributed by atoms with Gasteiger partial charge in [0.15, 0.2) is 0 Å². The molecule has 0 radical (unpaired) electrons. The lowest BCUT2D eigenvalue weighted by Crippen LogP contribution is -2.58. The smallest absolute Gasteiger partial charge is 0.335 e. The lowest BCUT2D eigenvalue weighted by atomic mass is 9.44. The van der Waals surface area contributed by atoms with Gasteiger partial charge in [-0.05, 0) is 92.6 Å². The van der Waals surface area contributed by atoms with E-state index in [1.165, 1.54) is 20.1 Å². The van der Waals surface area contributed by atoms with Crippen molar-refractivity contribution in [2.45, 2.75) is 134 Å². The van der Waals surface area contributed by atoms with Gasteiger partial charge >= 0.3 is 23.5 Å². The summed E-state index contributed by atoms with van der Waals surface area (Å²) in [6.07, 6.45) is 12.2. The van der Waals surface area contributed by atoms with Crippen LogP contribution in [0.25, 0.3) is 0 Å². The van der Waals surface area contributed by atoms with E-state index in [0.717, 1.165) is 76.2 Å². The fourth-order valence-electron chi connectivity index (χ4n) is 10.4. The van der Waals surface area contributed by atoms with Crippen molar-refractivity contribution in [1.82, 2.24) is 0 Å². The van der Waals surface area contributed by atoms with Crippen molar-refractivity contribution >= 4 is 17.9 Å². The number of carbonyl (C=O) groups is 3. The highest BCUT2D eigenvalue weighted by Crippen LogP contribution is 2.78. The molecule has 0 bridgehead atoms. The maximum Gasteiger partial charge on any atom is 0.335 e. The van der Waals surface area contributed by atoms with E-state index in [-0.39, 0.29) is 58.1 Å². The van der Waals surface area contributed by atoms with Crippen molar-refractivity contribution in [2.24, 2.45) is 28.6 Å². The van der Waals surface area contributed by atoms with Crippen LogP contribution in [0.15, 0.2) is 27.6 Å². The summed E-state index contributed by atoms with van der Waals surface area (Å²) in [5.74, 6) is 0.656. The first kappa shape index (κ1) is 31.3. The Kier molecular flexibility index (Phi) is 8.48. The van der Waals surface area contributed by atoms with Crippen molar-refractivity contribution in [3.05, 3.63) is 34.4 Å². The molecule has 1 saturated heterocycles. The molecule has 0 amide bonds. The van der Waals surface area contributed by atoms with Crippen LogP contribution in [0.3, 0.4) is 0 Å². The van der Waals surface area contributed by atoms with Crippen molar-refractivity contribution in [3.8, 4) is 0 Å². The Balaban J connectivity index is 1.10. The number of epoxide rings is 1. The normalized spacial score (nSPS) is 40.0. The SMILES string of the molecule is COC(=O)CCCCCCC(=O)OC1CC[C@@]2(C)C(CC[C@@H]3[C@@H]2CC[C@]2(C)[C@@H](c4ccc(=O)oc4)C(OC(C)=O)C4O[C@@]432)C1. The van der Waals surface area contributed by atoms with Crippen LogP contribution in [0.2, 0.25) is 0 Å². The molecule has 9 heteroatoms. The molecule has 0 N–H and O–H groups in total. The highest BCUT2D eigenvalue weighted by atomic mass is 16.7. The van der Waals surface area contributed by atoms with Crippen LogP contribution in [0.4, 0.5) is 0 Å². The second-order valence-corrected chi connectivity index (χ2v) is 14.6. The highest BCUT2D eigenvalue weighted by molar-refractivity contribution is 5.69. The van der Waals surface area contributed by atoms with E-state index in [1.807, 2.05) is 6.07 Å². The maximum atomic E-state index is 12.7.